The van der Waals surface area contributed by atoms with Gasteiger partial charge in [0.1, 0.15) is 0 Å². The number of carbonyl (C=O) groups excluding carboxylic acids is 2. The summed E-state index contributed by atoms with van der Waals surface area (Å²) in [5, 5.41) is 14.4. The number of nitrogens with one attached hydrogen (secondary N) is 3. The number of rotatable bonds is 6. The third-order valence-electron chi connectivity index (χ3n) is 3.03. The van der Waals surface area contributed by atoms with Crippen molar-refractivity contribution in [2.24, 2.45) is 11.8 Å². The molecule has 18 heavy (non-hydrogen) atoms. The van der Waals surface area contributed by atoms with Crippen molar-refractivity contribution in [1.29, 1.82) is 0 Å². The minimum absolute atomic E-state index is 0.0380. The van der Waals surface area contributed by atoms with Crippen LogP contribution in [0.4, 0.5) is 0 Å². The van der Waals surface area contributed by atoms with Crippen LogP contribution in [-0.2, 0) is 14.3 Å². The lowest BCUT2D eigenvalue weighted by atomic mass is 9.88. The molecule has 104 valence electrons. The molecule has 0 saturated carbocycles. The smallest absolute Gasteiger partial charge is 0.247 e. The Morgan fingerprint density at radius 3 is 2.89 bits per heavy atom. The number of hydrogen-bond acceptors (Lipinski definition) is 5. The zero-order valence-electron chi connectivity index (χ0n) is 10.6. The van der Waals surface area contributed by atoms with Gasteiger partial charge in [-0.25, -0.2) is 5.48 Å². The molecular formula is C11H21N3O4. The molecule has 2 unspecified atom stereocenters. The van der Waals surface area contributed by atoms with Crippen molar-refractivity contribution in [2.45, 2.75) is 12.8 Å². The highest BCUT2D eigenvalue weighted by molar-refractivity contribution is 5.78. The van der Waals surface area contributed by atoms with Crippen LogP contribution in [0.15, 0.2) is 0 Å². The summed E-state index contributed by atoms with van der Waals surface area (Å²) in [6.45, 7) is 2.24. The summed E-state index contributed by atoms with van der Waals surface area (Å²) in [5.41, 5.74) is 1.65. The third-order valence-corrected chi connectivity index (χ3v) is 3.03. The normalized spacial score (nSPS) is 23.4. The first-order valence-electron chi connectivity index (χ1n) is 6.07. The van der Waals surface area contributed by atoms with Gasteiger partial charge in [0.25, 0.3) is 0 Å². The van der Waals surface area contributed by atoms with Crippen LogP contribution in [0.2, 0.25) is 0 Å². The van der Waals surface area contributed by atoms with E-state index >= 15 is 0 Å². The van der Waals surface area contributed by atoms with Gasteiger partial charge in [0.2, 0.25) is 11.8 Å². The van der Waals surface area contributed by atoms with E-state index in [0.29, 0.717) is 39.1 Å². The number of hydroxylamine groups is 1. The van der Waals surface area contributed by atoms with Crippen molar-refractivity contribution in [3.8, 4) is 0 Å². The first-order chi connectivity index (χ1) is 8.67. The van der Waals surface area contributed by atoms with E-state index < -0.39 is 5.91 Å². The maximum absolute atomic E-state index is 11.6. The maximum atomic E-state index is 11.6. The summed E-state index contributed by atoms with van der Waals surface area (Å²) in [4.78, 5) is 22.9. The van der Waals surface area contributed by atoms with Gasteiger partial charge < -0.3 is 15.4 Å². The molecule has 1 fully saturated rings. The van der Waals surface area contributed by atoms with Gasteiger partial charge in [-0.3, -0.25) is 14.8 Å². The number of piperidine rings is 1. The molecule has 1 saturated heterocycles. The Kier molecular flexibility index (Phi) is 6.63. The second kappa shape index (κ2) is 8.02. The van der Waals surface area contributed by atoms with E-state index in [1.54, 1.807) is 12.6 Å². The molecule has 0 aromatic carbocycles. The first kappa shape index (κ1) is 14.9. The van der Waals surface area contributed by atoms with Gasteiger partial charge in [0.05, 0.1) is 12.5 Å². The summed E-state index contributed by atoms with van der Waals surface area (Å²) in [6.07, 6.45) is 0.989. The molecule has 2 atom stereocenters. The lowest BCUT2D eigenvalue weighted by Crippen LogP contribution is -2.44. The van der Waals surface area contributed by atoms with Crippen molar-refractivity contribution >= 4 is 11.8 Å². The van der Waals surface area contributed by atoms with Crippen LogP contribution in [0.5, 0.6) is 0 Å². The molecule has 1 heterocycles. The Balaban J connectivity index is 2.29. The summed E-state index contributed by atoms with van der Waals surface area (Å²) >= 11 is 0. The molecule has 1 aliphatic rings. The molecule has 7 nitrogen and oxygen atoms in total. The average molecular weight is 259 g/mol. The zero-order valence-corrected chi connectivity index (χ0v) is 10.6. The molecule has 1 rings (SSSR count). The second-order valence-electron chi connectivity index (χ2n) is 4.48. The summed E-state index contributed by atoms with van der Waals surface area (Å²) < 4.78 is 4.84. The predicted octanol–water partition coefficient (Wildman–Crippen LogP) is -1.13. The topological polar surface area (TPSA) is 99.7 Å². The SMILES string of the molecule is COCCNC(=O)CC1CNCC(C(=O)NO)C1. The minimum Gasteiger partial charge on any atom is -0.383 e. The van der Waals surface area contributed by atoms with Crippen molar-refractivity contribution < 1.29 is 19.5 Å². The van der Waals surface area contributed by atoms with Crippen molar-refractivity contribution in [3.63, 3.8) is 0 Å². The highest BCUT2D eigenvalue weighted by atomic mass is 16.5. The fourth-order valence-electron chi connectivity index (χ4n) is 2.10. The molecule has 7 heteroatoms. The highest BCUT2D eigenvalue weighted by Gasteiger charge is 2.27. The molecule has 2 amide bonds. The Morgan fingerprint density at radius 2 is 2.22 bits per heavy atom. The molecule has 0 aromatic rings. The summed E-state index contributed by atoms with van der Waals surface area (Å²) in [6, 6.07) is 0. The van der Waals surface area contributed by atoms with Crippen LogP contribution in [-0.4, -0.2) is 50.4 Å². The van der Waals surface area contributed by atoms with Gasteiger partial charge in [0.15, 0.2) is 0 Å². The van der Waals surface area contributed by atoms with Crippen LogP contribution in [0.1, 0.15) is 12.8 Å². The van der Waals surface area contributed by atoms with E-state index in [1.807, 2.05) is 0 Å². The number of amides is 2. The molecule has 0 radical (unpaired) electrons. The van der Waals surface area contributed by atoms with E-state index in [2.05, 4.69) is 10.6 Å². The molecule has 0 bridgehead atoms. The van der Waals surface area contributed by atoms with Gasteiger partial charge in [-0.05, 0) is 18.9 Å². The summed E-state index contributed by atoms with van der Waals surface area (Å²) in [7, 11) is 1.58. The molecule has 0 aromatic heterocycles. The van der Waals surface area contributed by atoms with Gasteiger partial charge >= 0.3 is 0 Å². The van der Waals surface area contributed by atoms with Crippen LogP contribution < -0.4 is 16.1 Å². The van der Waals surface area contributed by atoms with Crippen molar-refractivity contribution in [2.75, 3.05) is 33.4 Å². The van der Waals surface area contributed by atoms with Gasteiger partial charge in [-0.15, -0.1) is 0 Å². The van der Waals surface area contributed by atoms with Gasteiger partial charge in [-0.2, -0.15) is 0 Å². The van der Waals surface area contributed by atoms with Crippen LogP contribution >= 0.6 is 0 Å². The van der Waals surface area contributed by atoms with E-state index in [0.717, 1.165) is 0 Å². The fourth-order valence-corrected chi connectivity index (χ4v) is 2.10. The van der Waals surface area contributed by atoms with Crippen LogP contribution in [0.25, 0.3) is 0 Å². The van der Waals surface area contributed by atoms with Crippen molar-refractivity contribution in [1.82, 2.24) is 16.1 Å². The zero-order chi connectivity index (χ0) is 13.4. The van der Waals surface area contributed by atoms with Gasteiger partial charge in [-0.1, -0.05) is 0 Å². The Hall–Kier alpha value is -1.18. The van der Waals surface area contributed by atoms with Crippen LogP contribution in [0.3, 0.4) is 0 Å². The Morgan fingerprint density at radius 1 is 1.44 bits per heavy atom. The van der Waals surface area contributed by atoms with E-state index in [1.165, 1.54) is 0 Å². The number of hydrogen-bond donors (Lipinski definition) is 4. The van der Waals surface area contributed by atoms with Crippen LogP contribution in [0, 0.1) is 11.8 Å². The monoisotopic (exact) mass is 259 g/mol. The van der Waals surface area contributed by atoms with E-state index in [9.17, 15) is 9.59 Å². The van der Waals surface area contributed by atoms with Crippen molar-refractivity contribution in [3.05, 3.63) is 0 Å². The second-order valence-corrected chi connectivity index (χ2v) is 4.48. The quantitative estimate of drug-likeness (QED) is 0.275. The molecule has 1 aliphatic heterocycles. The lowest BCUT2D eigenvalue weighted by molar-refractivity contribution is -0.135. The molecular weight excluding hydrogens is 238 g/mol. The fraction of sp³-hybridized carbons (Fsp3) is 0.818. The largest absolute Gasteiger partial charge is 0.383 e. The predicted molar refractivity (Wildman–Crippen MR) is 63.9 cm³/mol. The molecule has 4 N–H and O–H groups in total. The van der Waals surface area contributed by atoms with E-state index in [-0.39, 0.29) is 17.7 Å². The molecule has 0 spiro atoms. The lowest BCUT2D eigenvalue weighted by Gasteiger charge is -2.28. The minimum atomic E-state index is -0.396. The first-order valence-corrected chi connectivity index (χ1v) is 6.07. The Labute approximate surface area is 106 Å². The van der Waals surface area contributed by atoms with Gasteiger partial charge in [0, 0.05) is 26.6 Å². The number of carbonyl (C=O) groups is 2. The van der Waals surface area contributed by atoms with E-state index in [4.69, 9.17) is 9.94 Å². The Bertz CT molecular complexity index is 285. The maximum Gasteiger partial charge on any atom is 0.247 e. The standard InChI is InChI=1S/C11H21N3O4/c1-18-3-2-13-10(15)5-8-4-9(7-12-6-8)11(16)14-17/h8-9,12,17H,2-7H2,1H3,(H,13,15)(H,14,16). The molecule has 0 aliphatic carbocycles. The third kappa shape index (κ3) is 4.99. The number of ether oxygens (including phenoxy) is 1. The average Bonchev–Trinajstić information content (AvgIpc) is 2.38. The number of methoxy groups -OCH3 is 1. The highest BCUT2D eigenvalue weighted by Crippen LogP contribution is 2.19. The summed E-state index contributed by atoms with van der Waals surface area (Å²) in [5.74, 6) is -0.597.